The summed E-state index contributed by atoms with van der Waals surface area (Å²) in [4.78, 5) is 0. The molecule has 0 saturated carbocycles. The lowest BCUT2D eigenvalue weighted by Crippen LogP contribution is -2.42. The van der Waals surface area contributed by atoms with Crippen molar-refractivity contribution < 1.29 is 23.7 Å². The van der Waals surface area contributed by atoms with Gasteiger partial charge < -0.3 is 23.7 Å². The lowest BCUT2D eigenvalue weighted by atomic mass is 9.89. The molecule has 5 atom stereocenters. The third-order valence-electron chi connectivity index (χ3n) is 4.21. The maximum Gasteiger partial charge on any atom is 0.187 e. The summed E-state index contributed by atoms with van der Waals surface area (Å²) in [6.07, 6.45) is 0.330. The summed E-state index contributed by atoms with van der Waals surface area (Å²) in [5, 5.41) is 0. The molecule has 2 aliphatic heterocycles. The highest BCUT2D eigenvalue weighted by atomic mass is 16.8. The molecule has 2 rings (SSSR count). The molecule has 2 fully saturated rings. The Morgan fingerprint density at radius 2 is 1.79 bits per heavy atom. The molecular formula is C19H34O5. The Bertz CT molecular complexity index is 431. The van der Waals surface area contributed by atoms with Gasteiger partial charge in [0.1, 0.15) is 12.2 Å². The van der Waals surface area contributed by atoms with Crippen molar-refractivity contribution in [1.29, 1.82) is 0 Å². The molecule has 5 nitrogen and oxygen atoms in total. The highest BCUT2D eigenvalue weighted by Crippen LogP contribution is 2.44. The Morgan fingerprint density at radius 1 is 1.12 bits per heavy atom. The lowest BCUT2D eigenvalue weighted by Gasteiger charge is -2.32. The molecule has 0 aromatic heterocycles. The van der Waals surface area contributed by atoms with Crippen molar-refractivity contribution in [3.63, 3.8) is 0 Å². The van der Waals surface area contributed by atoms with Crippen LogP contribution in [-0.4, -0.2) is 49.2 Å². The largest absolute Gasteiger partial charge is 0.376 e. The van der Waals surface area contributed by atoms with Crippen molar-refractivity contribution in [3.05, 3.63) is 12.2 Å². The van der Waals surface area contributed by atoms with Crippen molar-refractivity contribution in [2.24, 2.45) is 5.92 Å². The summed E-state index contributed by atoms with van der Waals surface area (Å²) in [7, 11) is 0. The fourth-order valence-corrected chi connectivity index (χ4v) is 3.44. The number of allylic oxidation sites excluding steroid dienone is 1. The van der Waals surface area contributed by atoms with E-state index < -0.39 is 5.79 Å². The summed E-state index contributed by atoms with van der Waals surface area (Å²) in [5.41, 5.74) is 1.11. The van der Waals surface area contributed by atoms with Gasteiger partial charge in [-0.05, 0) is 54.9 Å². The predicted molar refractivity (Wildman–Crippen MR) is 92.7 cm³/mol. The van der Waals surface area contributed by atoms with Crippen molar-refractivity contribution in [3.8, 4) is 0 Å². The molecule has 2 aliphatic rings. The first-order chi connectivity index (χ1) is 11.1. The van der Waals surface area contributed by atoms with Gasteiger partial charge in [0, 0.05) is 5.92 Å². The zero-order valence-corrected chi connectivity index (χ0v) is 16.2. The Balaban J connectivity index is 2.16. The van der Waals surface area contributed by atoms with Crippen molar-refractivity contribution in [1.82, 2.24) is 0 Å². The van der Waals surface area contributed by atoms with Crippen LogP contribution in [0.2, 0.25) is 0 Å². The van der Waals surface area contributed by atoms with Crippen LogP contribution in [0.3, 0.4) is 0 Å². The van der Waals surface area contributed by atoms with E-state index in [4.69, 9.17) is 23.7 Å². The number of ether oxygens (including phenoxy) is 5. The first-order valence-corrected chi connectivity index (χ1v) is 9.01. The zero-order valence-electron chi connectivity index (χ0n) is 16.2. The summed E-state index contributed by atoms with van der Waals surface area (Å²) in [5.74, 6) is -0.468. The van der Waals surface area contributed by atoms with E-state index in [2.05, 4.69) is 6.58 Å². The second-order valence-electron chi connectivity index (χ2n) is 8.00. The van der Waals surface area contributed by atoms with Crippen LogP contribution in [0.5, 0.6) is 0 Å². The standard InChI is InChI=1S/C19H34O5/c1-11(2)9-14-16(15(21-13(5)6)10-20-12(3)4)22-18-17(14)23-19(7,8)24-18/h12-18H,1,9-10H2,2-8H3/t14-,15-,16+,17-,18-/m1/s1. The van der Waals surface area contributed by atoms with Gasteiger partial charge in [0.25, 0.3) is 0 Å². The Hall–Kier alpha value is -0.460. The van der Waals surface area contributed by atoms with Crippen LogP contribution in [-0.2, 0) is 23.7 Å². The third-order valence-corrected chi connectivity index (χ3v) is 4.21. The van der Waals surface area contributed by atoms with Gasteiger partial charge in [-0.3, -0.25) is 0 Å². The summed E-state index contributed by atoms with van der Waals surface area (Å²) >= 11 is 0. The van der Waals surface area contributed by atoms with Crippen LogP contribution < -0.4 is 0 Å². The minimum atomic E-state index is -0.615. The summed E-state index contributed by atoms with van der Waals surface area (Å²) < 4.78 is 30.2. The molecule has 2 saturated heterocycles. The quantitative estimate of drug-likeness (QED) is 0.630. The van der Waals surface area contributed by atoms with Gasteiger partial charge in [0.2, 0.25) is 0 Å². The lowest BCUT2D eigenvalue weighted by molar-refractivity contribution is -0.230. The molecule has 140 valence electrons. The van der Waals surface area contributed by atoms with Crippen molar-refractivity contribution >= 4 is 0 Å². The van der Waals surface area contributed by atoms with E-state index in [1.807, 2.05) is 48.5 Å². The van der Waals surface area contributed by atoms with Gasteiger partial charge in [-0.1, -0.05) is 5.57 Å². The first kappa shape index (κ1) is 19.9. The molecule has 0 aromatic rings. The molecule has 0 aliphatic carbocycles. The molecule has 5 heteroatoms. The van der Waals surface area contributed by atoms with E-state index >= 15 is 0 Å². The van der Waals surface area contributed by atoms with Crippen LogP contribution in [0.15, 0.2) is 12.2 Å². The van der Waals surface area contributed by atoms with E-state index in [0.717, 1.165) is 12.0 Å². The third kappa shape index (κ3) is 5.02. The highest BCUT2D eigenvalue weighted by Gasteiger charge is 2.56. The predicted octanol–water partition coefficient (Wildman–Crippen LogP) is 3.66. The number of rotatable bonds is 8. The number of hydrogen-bond acceptors (Lipinski definition) is 5. The molecule has 24 heavy (non-hydrogen) atoms. The molecule has 0 aromatic carbocycles. The second kappa shape index (κ2) is 7.83. The average molecular weight is 342 g/mol. The maximum atomic E-state index is 6.24. The number of fused-ring (bicyclic) bond motifs is 1. The number of hydrogen-bond donors (Lipinski definition) is 0. The molecule has 2 heterocycles. The van der Waals surface area contributed by atoms with E-state index in [1.54, 1.807) is 0 Å². The van der Waals surface area contributed by atoms with E-state index in [1.165, 1.54) is 0 Å². The molecule has 0 amide bonds. The summed E-state index contributed by atoms with van der Waals surface area (Å²) in [6.45, 7) is 18.6. The maximum absolute atomic E-state index is 6.24. The van der Waals surface area contributed by atoms with Crippen LogP contribution in [0, 0.1) is 5.92 Å². The monoisotopic (exact) mass is 342 g/mol. The fraction of sp³-hybridized carbons (Fsp3) is 0.895. The molecule has 0 N–H and O–H groups in total. The molecule has 0 spiro atoms. The first-order valence-electron chi connectivity index (χ1n) is 9.01. The van der Waals surface area contributed by atoms with E-state index in [0.29, 0.717) is 6.61 Å². The zero-order chi connectivity index (χ0) is 18.1. The minimum absolute atomic E-state index is 0.0959. The molecule has 0 unspecified atom stereocenters. The normalized spacial score (nSPS) is 33.2. The minimum Gasteiger partial charge on any atom is -0.376 e. The fourth-order valence-electron chi connectivity index (χ4n) is 3.44. The Labute approximate surface area is 146 Å². The van der Waals surface area contributed by atoms with Gasteiger partial charge >= 0.3 is 0 Å². The molecule has 0 radical (unpaired) electrons. The van der Waals surface area contributed by atoms with Gasteiger partial charge in [0.15, 0.2) is 12.1 Å². The smallest absolute Gasteiger partial charge is 0.187 e. The van der Waals surface area contributed by atoms with Crippen LogP contribution in [0.25, 0.3) is 0 Å². The van der Waals surface area contributed by atoms with Crippen LogP contribution >= 0.6 is 0 Å². The van der Waals surface area contributed by atoms with Gasteiger partial charge in [-0.25, -0.2) is 0 Å². The summed E-state index contributed by atoms with van der Waals surface area (Å²) in [6, 6.07) is 0. The van der Waals surface area contributed by atoms with Crippen LogP contribution in [0.4, 0.5) is 0 Å². The Kier molecular flexibility index (Phi) is 6.48. The molecular weight excluding hydrogens is 308 g/mol. The Morgan fingerprint density at radius 3 is 2.33 bits per heavy atom. The van der Waals surface area contributed by atoms with Crippen molar-refractivity contribution in [2.75, 3.05) is 6.61 Å². The van der Waals surface area contributed by atoms with E-state index in [9.17, 15) is 0 Å². The van der Waals surface area contributed by atoms with Gasteiger partial charge in [-0.2, -0.15) is 0 Å². The van der Waals surface area contributed by atoms with E-state index in [-0.39, 0.29) is 42.7 Å². The topological polar surface area (TPSA) is 46.2 Å². The highest BCUT2D eigenvalue weighted by molar-refractivity contribution is 5.02. The van der Waals surface area contributed by atoms with Crippen LogP contribution in [0.1, 0.15) is 54.9 Å². The second-order valence-corrected chi connectivity index (χ2v) is 8.00. The average Bonchev–Trinajstić information content (AvgIpc) is 2.87. The SMILES string of the molecule is C=C(C)C[C@H]1[C@H]2OC(C)(C)O[C@H]2O[C@@H]1[C@@H](COC(C)C)OC(C)C. The molecule has 0 bridgehead atoms. The van der Waals surface area contributed by atoms with Gasteiger partial charge in [-0.15, -0.1) is 6.58 Å². The van der Waals surface area contributed by atoms with Crippen molar-refractivity contribution in [2.45, 2.75) is 97.5 Å². The van der Waals surface area contributed by atoms with Gasteiger partial charge in [0.05, 0.1) is 24.9 Å².